The maximum absolute atomic E-state index is 5.98. The van der Waals surface area contributed by atoms with Gasteiger partial charge in [-0.25, -0.2) is 9.67 Å². The predicted octanol–water partition coefficient (Wildman–Crippen LogP) is 1.39. The van der Waals surface area contributed by atoms with E-state index >= 15 is 0 Å². The third-order valence-electron chi connectivity index (χ3n) is 4.00. The summed E-state index contributed by atoms with van der Waals surface area (Å²) in [5, 5.41) is 4.24. The van der Waals surface area contributed by atoms with Crippen molar-refractivity contribution < 1.29 is 0 Å². The molecule has 0 aliphatic heterocycles. The molecule has 1 aromatic rings. The third-order valence-corrected chi connectivity index (χ3v) is 4.00. The first kappa shape index (κ1) is 13.5. The van der Waals surface area contributed by atoms with Gasteiger partial charge in [-0.1, -0.05) is 6.92 Å². The van der Waals surface area contributed by atoms with Crippen LogP contribution in [0.5, 0.6) is 0 Å². The Kier molecular flexibility index (Phi) is 4.72. The summed E-state index contributed by atoms with van der Waals surface area (Å²) in [5.41, 5.74) is 5.98. The van der Waals surface area contributed by atoms with Crippen molar-refractivity contribution in [1.82, 2.24) is 19.7 Å². The molecule has 0 radical (unpaired) electrons. The van der Waals surface area contributed by atoms with Crippen molar-refractivity contribution in [3.8, 4) is 0 Å². The molecule has 0 atom stereocenters. The lowest BCUT2D eigenvalue weighted by Gasteiger charge is -2.35. The highest BCUT2D eigenvalue weighted by Gasteiger charge is 2.24. The number of aromatic nitrogens is 3. The monoisotopic (exact) mass is 251 g/mol. The molecule has 2 N–H and O–H groups in total. The maximum Gasteiger partial charge on any atom is 0.141 e. The molecule has 18 heavy (non-hydrogen) atoms. The molecule has 1 aliphatic rings. The fraction of sp³-hybridized carbons (Fsp3) is 0.846. The molecule has 0 unspecified atom stereocenters. The van der Waals surface area contributed by atoms with Crippen molar-refractivity contribution in [3.05, 3.63) is 12.2 Å². The number of nitrogens with zero attached hydrogens (tertiary/aromatic N) is 4. The van der Waals surface area contributed by atoms with Gasteiger partial charge in [0.25, 0.3) is 0 Å². The highest BCUT2D eigenvalue weighted by Crippen LogP contribution is 2.23. The molecule has 1 aliphatic carbocycles. The van der Waals surface area contributed by atoms with Crippen LogP contribution in [-0.2, 0) is 13.1 Å². The molecule has 1 saturated carbocycles. The molecular formula is C13H25N5. The Labute approximate surface area is 109 Å². The van der Waals surface area contributed by atoms with E-state index in [2.05, 4.69) is 28.8 Å². The normalized spacial score (nSPS) is 24.7. The van der Waals surface area contributed by atoms with Crippen molar-refractivity contribution in [3.63, 3.8) is 0 Å². The molecule has 5 heteroatoms. The quantitative estimate of drug-likeness (QED) is 0.859. The van der Waals surface area contributed by atoms with Gasteiger partial charge in [-0.05, 0) is 39.2 Å². The van der Waals surface area contributed by atoms with Crippen molar-refractivity contribution in [1.29, 1.82) is 0 Å². The number of aryl methyl sites for hydroxylation is 1. The molecule has 0 saturated heterocycles. The maximum atomic E-state index is 5.98. The molecule has 1 heterocycles. The molecule has 102 valence electrons. The van der Waals surface area contributed by atoms with Crippen LogP contribution in [0.25, 0.3) is 0 Å². The molecule has 0 spiro atoms. The second kappa shape index (κ2) is 6.29. The van der Waals surface area contributed by atoms with E-state index in [1.165, 1.54) is 12.8 Å². The van der Waals surface area contributed by atoms with E-state index in [4.69, 9.17) is 5.73 Å². The average Bonchev–Trinajstić information content (AvgIpc) is 2.84. The summed E-state index contributed by atoms with van der Waals surface area (Å²) < 4.78 is 1.98. The lowest BCUT2D eigenvalue weighted by molar-refractivity contribution is 0.144. The van der Waals surface area contributed by atoms with Crippen LogP contribution < -0.4 is 5.73 Å². The first-order valence-corrected chi connectivity index (χ1v) is 7.10. The van der Waals surface area contributed by atoms with E-state index in [0.717, 1.165) is 38.3 Å². The first-order valence-electron chi connectivity index (χ1n) is 7.10. The van der Waals surface area contributed by atoms with E-state index < -0.39 is 0 Å². The Balaban J connectivity index is 1.97. The highest BCUT2D eigenvalue weighted by atomic mass is 15.3. The molecule has 5 nitrogen and oxygen atoms in total. The van der Waals surface area contributed by atoms with E-state index in [0.29, 0.717) is 12.1 Å². The van der Waals surface area contributed by atoms with Gasteiger partial charge < -0.3 is 5.73 Å². The number of rotatable bonds is 5. The third kappa shape index (κ3) is 3.09. The van der Waals surface area contributed by atoms with Crippen LogP contribution in [0.1, 0.15) is 45.4 Å². The Morgan fingerprint density at radius 1 is 1.33 bits per heavy atom. The highest BCUT2D eigenvalue weighted by molar-refractivity contribution is 4.88. The summed E-state index contributed by atoms with van der Waals surface area (Å²) in [5.74, 6) is 1.08. The van der Waals surface area contributed by atoms with Gasteiger partial charge in [0.2, 0.25) is 0 Å². The SMILES string of the molecule is CCN(Cc1ncnn1CC)C1CCC(N)CC1. The lowest BCUT2D eigenvalue weighted by Crippen LogP contribution is -2.40. The minimum Gasteiger partial charge on any atom is -0.328 e. The second-order valence-corrected chi connectivity index (χ2v) is 5.12. The van der Waals surface area contributed by atoms with Crippen molar-refractivity contribution >= 4 is 0 Å². The fourth-order valence-electron chi connectivity index (χ4n) is 2.82. The topological polar surface area (TPSA) is 60.0 Å². The fourth-order valence-corrected chi connectivity index (χ4v) is 2.82. The van der Waals surface area contributed by atoms with E-state index in [-0.39, 0.29) is 0 Å². The van der Waals surface area contributed by atoms with Crippen LogP contribution in [-0.4, -0.2) is 38.3 Å². The van der Waals surface area contributed by atoms with Gasteiger partial charge in [-0.2, -0.15) is 5.10 Å². The molecule has 2 rings (SSSR count). The molecule has 0 aromatic carbocycles. The summed E-state index contributed by atoms with van der Waals surface area (Å²) in [6.45, 7) is 7.19. The largest absolute Gasteiger partial charge is 0.328 e. The van der Waals surface area contributed by atoms with Gasteiger partial charge in [-0.3, -0.25) is 4.90 Å². The summed E-state index contributed by atoms with van der Waals surface area (Å²) in [4.78, 5) is 6.89. The summed E-state index contributed by atoms with van der Waals surface area (Å²) in [6, 6.07) is 1.08. The van der Waals surface area contributed by atoms with E-state index in [1.54, 1.807) is 6.33 Å². The molecule has 0 amide bonds. The van der Waals surface area contributed by atoms with Gasteiger partial charge in [0.15, 0.2) is 0 Å². The van der Waals surface area contributed by atoms with Crippen LogP contribution in [0, 0.1) is 0 Å². The standard InChI is InChI=1S/C13H25N5/c1-3-17(12-7-5-11(14)6-8-12)9-13-15-10-16-18(13)4-2/h10-12H,3-9,14H2,1-2H3. The van der Waals surface area contributed by atoms with E-state index in [1.807, 2.05) is 4.68 Å². The van der Waals surface area contributed by atoms with Gasteiger partial charge in [0, 0.05) is 18.6 Å². The number of hydrogen-bond acceptors (Lipinski definition) is 4. The predicted molar refractivity (Wildman–Crippen MR) is 72.0 cm³/mol. The van der Waals surface area contributed by atoms with Crippen LogP contribution in [0.4, 0.5) is 0 Å². The van der Waals surface area contributed by atoms with Gasteiger partial charge in [-0.15, -0.1) is 0 Å². The Morgan fingerprint density at radius 2 is 2.06 bits per heavy atom. The van der Waals surface area contributed by atoms with Crippen LogP contribution in [0.15, 0.2) is 6.33 Å². The van der Waals surface area contributed by atoms with Crippen molar-refractivity contribution in [2.24, 2.45) is 5.73 Å². The Bertz CT molecular complexity index is 354. The first-order chi connectivity index (χ1) is 8.74. The van der Waals surface area contributed by atoms with E-state index in [9.17, 15) is 0 Å². The van der Waals surface area contributed by atoms with Crippen LogP contribution in [0.2, 0.25) is 0 Å². The minimum atomic E-state index is 0.416. The average molecular weight is 251 g/mol. The summed E-state index contributed by atoms with van der Waals surface area (Å²) >= 11 is 0. The molecule has 0 bridgehead atoms. The zero-order valence-corrected chi connectivity index (χ0v) is 11.5. The zero-order valence-electron chi connectivity index (χ0n) is 11.5. The Morgan fingerprint density at radius 3 is 2.67 bits per heavy atom. The smallest absolute Gasteiger partial charge is 0.141 e. The Hall–Kier alpha value is -0.940. The van der Waals surface area contributed by atoms with Crippen molar-refractivity contribution in [2.75, 3.05) is 6.54 Å². The number of hydrogen-bond donors (Lipinski definition) is 1. The molecular weight excluding hydrogens is 226 g/mol. The molecule has 1 aromatic heterocycles. The molecule has 1 fully saturated rings. The van der Waals surface area contributed by atoms with Gasteiger partial charge in [0.05, 0.1) is 6.54 Å². The van der Waals surface area contributed by atoms with Gasteiger partial charge in [0.1, 0.15) is 12.2 Å². The lowest BCUT2D eigenvalue weighted by atomic mass is 9.91. The van der Waals surface area contributed by atoms with Crippen LogP contribution in [0.3, 0.4) is 0 Å². The second-order valence-electron chi connectivity index (χ2n) is 5.12. The van der Waals surface area contributed by atoms with Crippen molar-refractivity contribution in [2.45, 2.75) is 64.7 Å². The van der Waals surface area contributed by atoms with Crippen LogP contribution >= 0.6 is 0 Å². The summed E-state index contributed by atoms with van der Waals surface area (Å²) in [6.07, 6.45) is 6.40. The number of nitrogens with two attached hydrogens (primary N) is 1. The minimum absolute atomic E-state index is 0.416. The van der Waals surface area contributed by atoms with Gasteiger partial charge >= 0.3 is 0 Å². The zero-order chi connectivity index (χ0) is 13.0. The summed E-state index contributed by atoms with van der Waals surface area (Å²) in [7, 11) is 0.